The van der Waals surface area contributed by atoms with Gasteiger partial charge in [-0.1, -0.05) is 0 Å². The molecule has 4 heteroatoms. The summed E-state index contributed by atoms with van der Waals surface area (Å²) in [7, 11) is 0. The lowest BCUT2D eigenvalue weighted by Crippen LogP contribution is -2.47. The lowest BCUT2D eigenvalue weighted by atomic mass is 9.91. The predicted molar refractivity (Wildman–Crippen MR) is 68.9 cm³/mol. The van der Waals surface area contributed by atoms with Gasteiger partial charge in [-0.15, -0.1) is 0 Å². The van der Waals surface area contributed by atoms with E-state index in [-0.39, 0.29) is 6.04 Å². The lowest BCUT2D eigenvalue weighted by molar-refractivity contribution is 0.259. The van der Waals surface area contributed by atoms with Crippen LogP contribution in [0, 0.1) is 5.92 Å². The van der Waals surface area contributed by atoms with Crippen LogP contribution in [0.1, 0.15) is 19.3 Å². The van der Waals surface area contributed by atoms with E-state index < -0.39 is 0 Å². The van der Waals surface area contributed by atoms with Crippen LogP contribution in [0.5, 0.6) is 0 Å². The van der Waals surface area contributed by atoms with Gasteiger partial charge in [-0.05, 0) is 36.6 Å². The first-order chi connectivity index (χ1) is 7.79. The maximum Gasteiger partial charge on any atom is 0.0475 e. The van der Waals surface area contributed by atoms with Crippen LogP contribution >= 0.6 is 11.3 Å². The van der Waals surface area contributed by atoms with Gasteiger partial charge in [0.15, 0.2) is 0 Å². The Morgan fingerprint density at radius 3 is 3.06 bits per heavy atom. The predicted octanol–water partition coefficient (Wildman–Crippen LogP) is 1.67. The molecule has 1 aromatic heterocycles. The molecular formula is C12H20N2OS. The molecule has 2 rings (SSSR count). The summed E-state index contributed by atoms with van der Waals surface area (Å²) in [6.07, 6.45) is 3.08. The summed E-state index contributed by atoms with van der Waals surface area (Å²) in [5.41, 5.74) is 7.39. The van der Waals surface area contributed by atoms with Gasteiger partial charge in [0.05, 0.1) is 0 Å². The molecule has 0 radical (unpaired) electrons. The van der Waals surface area contributed by atoms with E-state index in [0.29, 0.717) is 12.5 Å². The Morgan fingerprint density at radius 2 is 2.38 bits per heavy atom. The maximum atomic E-state index is 8.87. The normalized spacial score (nSPS) is 26.0. The van der Waals surface area contributed by atoms with E-state index in [1.165, 1.54) is 5.69 Å². The van der Waals surface area contributed by atoms with Crippen molar-refractivity contribution in [3.05, 3.63) is 16.8 Å². The van der Waals surface area contributed by atoms with Gasteiger partial charge in [-0.3, -0.25) is 0 Å². The maximum absolute atomic E-state index is 8.87. The zero-order valence-electron chi connectivity index (χ0n) is 9.51. The van der Waals surface area contributed by atoms with Gasteiger partial charge in [0, 0.05) is 36.8 Å². The Morgan fingerprint density at radius 1 is 1.50 bits per heavy atom. The van der Waals surface area contributed by atoms with E-state index in [2.05, 4.69) is 21.7 Å². The molecule has 1 aliphatic heterocycles. The summed E-state index contributed by atoms with van der Waals surface area (Å²) in [6, 6.07) is 2.43. The number of thiophene rings is 1. The van der Waals surface area contributed by atoms with Crippen LogP contribution < -0.4 is 10.6 Å². The molecule has 0 bridgehead atoms. The zero-order valence-corrected chi connectivity index (χ0v) is 10.3. The molecule has 3 nitrogen and oxygen atoms in total. The van der Waals surface area contributed by atoms with Crippen molar-refractivity contribution < 1.29 is 5.11 Å². The van der Waals surface area contributed by atoms with Crippen molar-refractivity contribution in [2.75, 3.05) is 24.6 Å². The number of aliphatic hydroxyl groups is 1. The highest BCUT2D eigenvalue weighted by molar-refractivity contribution is 7.08. The van der Waals surface area contributed by atoms with Gasteiger partial charge in [0.1, 0.15) is 0 Å². The molecule has 1 fully saturated rings. The third kappa shape index (κ3) is 2.97. The van der Waals surface area contributed by atoms with E-state index in [9.17, 15) is 0 Å². The van der Waals surface area contributed by atoms with E-state index in [1.807, 2.05) is 0 Å². The number of hydrogen-bond donors (Lipinski definition) is 2. The summed E-state index contributed by atoms with van der Waals surface area (Å²) in [4.78, 5) is 2.38. The van der Waals surface area contributed by atoms with Gasteiger partial charge in [0.2, 0.25) is 0 Å². The average molecular weight is 240 g/mol. The minimum absolute atomic E-state index is 0.275. The van der Waals surface area contributed by atoms with Crippen LogP contribution in [0.4, 0.5) is 5.69 Å². The van der Waals surface area contributed by atoms with Gasteiger partial charge in [-0.25, -0.2) is 0 Å². The van der Waals surface area contributed by atoms with Crippen LogP contribution in [0.15, 0.2) is 16.8 Å². The first-order valence-corrected chi connectivity index (χ1v) is 6.87. The first-order valence-electron chi connectivity index (χ1n) is 5.93. The van der Waals surface area contributed by atoms with Crippen molar-refractivity contribution in [1.29, 1.82) is 0 Å². The molecule has 0 amide bonds. The average Bonchev–Trinajstić information content (AvgIpc) is 2.79. The minimum atomic E-state index is 0.275. The number of hydrogen-bond acceptors (Lipinski definition) is 4. The molecule has 2 unspecified atom stereocenters. The monoisotopic (exact) mass is 240 g/mol. The Balaban J connectivity index is 1.94. The number of nitrogens with zero attached hydrogens (tertiary/aromatic N) is 1. The van der Waals surface area contributed by atoms with E-state index in [0.717, 1.165) is 32.4 Å². The molecule has 0 aliphatic carbocycles. The van der Waals surface area contributed by atoms with E-state index in [4.69, 9.17) is 10.8 Å². The molecule has 2 atom stereocenters. The van der Waals surface area contributed by atoms with Crippen molar-refractivity contribution in [3.8, 4) is 0 Å². The Bertz CT molecular complexity index is 302. The van der Waals surface area contributed by atoms with Gasteiger partial charge in [-0.2, -0.15) is 11.3 Å². The number of rotatable bonds is 4. The lowest BCUT2D eigenvalue weighted by Gasteiger charge is -2.37. The van der Waals surface area contributed by atoms with Crippen LogP contribution in [0.3, 0.4) is 0 Å². The summed E-state index contributed by atoms with van der Waals surface area (Å²) in [5.74, 6) is 0.635. The minimum Gasteiger partial charge on any atom is -0.396 e. The second-order valence-electron chi connectivity index (χ2n) is 4.61. The smallest absolute Gasteiger partial charge is 0.0475 e. The number of nitrogens with two attached hydrogens (primary N) is 1. The number of piperidine rings is 1. The largest absolute Gasteiger partial charge is 0.396 e. The van der Waals surface area contributed by atoms with Gasteiger partial charge in [0.25, 0.3) is 0 Å². The zero-order chi connectivity index (χ0) is 11.4. The van der Waals surface area contributed by atoms with Crippen LogP contribution in [-0.4, -0.2) is 30.8 Å². The van der Waals surface area contributed by atoms with Crippen LogP contribution in [0.25, 0.3) is 0 Å². The first kappa shape index (κ1) is 11.9. The quantitative estimate of drug-likeness (QED) is 0.842. The third-order valence-electron chi connectivity index (χ3n) is 3.21. The Kier molecular flexibility index (Phi) is 4.21. The SMILES string of the molecule is NC1CC(CCCO)CN(c2ccsc2)C1. The molecule has 2 heterocycles. The molecule has 0 saturated carbocycles. The topological polar surface area (TPSA) is 49.5 Å². The van der Waals surface area contributed by atoms with Crippen LogP contribution in [0.2, 0.25) is 0 Å². The van der Waals surface area contributed by atoms with Crippen molar-refractivity contribution in [2.24, 2.45) is 11.7 Å². The molecule has 1 aromatic rings. The standard InChI is InChI=1S/C12H20N2OS/c13-11-6-10(2-1-4-15)7-14(8-11)12-3-5-16-9-12/h3,5,9-11,15H,1-2,4,6-8,13H2. The van der Waals surface area contributed by atoms with Crippen molar-refractivity contribution >= 4 is 17.0 Å². The van der Waals surface area contributed by atoms with E-state index in [1.54, 1.807) is 11.3 Å². The summed E-state index contributed by atoms with van der Waals surface area (Å²) < 4.78 is 0. The van der Waals surface area contributed by atoms with Crippen molar-refractivity contribution in [1.82, 2.24) is 0 Å². The summed E-state index contributed by atoms with van der Waals surface area (Å²) in [6.45, 7) is 2.35. The second-order valence-corrected chi connectivity index (χ2v) is 5.39. The molecular weight excluding hydrogens is 220 g/mol. The highest BCUT2D eigenvalue weighted by atomic mass is 32.1. The molecule has 16 heavy (non-hydrogen) atoms. The molecule has 0 spiro atoms. The number of anilines is 1. The van der Waals surface area contributed by atoms with Crippen molar-refractivity contribution in [2.45, 2.75) is 25.3 Å². The highest BCUT2D eigenvalue weighted by Gasteiger charge is 2.24. The second kappa shape index (κ2) is 5.66. The molecule has 0 aromatic carbocycles. The molecule has 1 saturated heterocycles. The van der Waals surface area contributed by atoms with Gasteiger partial charge >= 0.3 is 0 Å². The Hall–Kier alpha value is -0.580. The fourth-order valence-electron chi connectivity index (χ4n) is 2.48. The molecule has 90 valence electrons. The van der Waals surface area contributed by atoms with Crippen LogP contribution in [-0.2, 0) is 0 Å². The fraction of sp³-hybridized carbons (Fsp3) is 0.667. The summed E-state index contributed by atoms with van der Waals surface area (Å²) >= 11 is 1.73. The Labute approximate surface area is 101 Å². The van der Waals surface area contributed by atoms with Crippen molar-refractivity contribution in [3.63, 3.8) is 0 Å². The molecule has 3 N–H and O–H groups in total. The van der Waals surface area contributed by atoms with E-state index >= 15 is 0 Å². The summed E-state index contributed by atoms with van der Waals surface area (Å²) in [5, 5.41) is 13.2. The molecule has 1 aliphatic rings. The van der Waals surface area contributed by atoms with Gasteiger partial charge < -0.3 is 15.7 Å². The highest BCUT2D eigenvalue weighted by Crippen LogP contribution is 2.26. The fourth-order valence-corrected chi connectivity index (χ4v) is 3.15. The third-order valence-corrected chi connectivity index (χ3v) is 3.88. The number of aliphatic hydroxyl groups excluding tert-OH is 1.